The summed E-state index contributed by atoms with van der Waals surface area (Å²) in [6.45, 7) is 1.45. The molecular formula is C14H16BrN3O2S. The van der Waals surface area contributed by atoms with Gasteiger partial charge in [0.1, 0.15) is 5.69 Å². The Morgan fingerprint density at radius 2 is 2.19 bits per heavy atom. The van der Waals surface area contributed by atoms with Gasteiger partial charge in [-0.2, -0.15) is 0 Å². The fourth-order valence-electron chi connectivity index (χ4n) is 2.21. The van der Waals surface area contributed by atoms with Crippen molar-refractivity contribution in [2.45, 2.75) is 13.1 Å². The molecule has 0 spiro atoms. The molecule has 1 N–H and O–H groups in total. The predicted octanol–water partition coefficient (Wildman–Crippen LogP) is 4.09. The molecule has 7 heteroatoms. The third-order valence-corrected chi connectivity index (χ3v) is 4.75. The lowest BCUT2D eigenvalue weighted by atomic mass is 10.1. The summed E-state index contributed by atoms with van der Waals surface area (Å²) in [5.74, 6) is 0. The number of rotatable bonds is 6. The summed E-state index contributed by atoms with van der Waals surface area (Å²) in [5.41, 5.74) is 1.62. The normalized spacial score (nSPS) is 10.9. The summed E-state index contributed by atoms with van der Waals surface area (Å²) < 4.78 is 1.09. The lowest BCUT2D eigenvalue weighted by Gasteiger charge is -2.18. The topological polar surface area (TPSA) is 58.4 Å². The maximum absolute atomic E-state index is 11.1. The van der Waals surface area contributed by atoms with Crippen molar-refractivity contribution in [3.8, 4) is 0 Å². The molecule has 0 bridgehead atoms. The Balaban J connectivity index is 2.15. The Morgan fingerprint density at radius 1 is 1.43 bits per heavy atom. The van der Waals surface area contributed by atoms with Crippen LogP contribution in [0.5, 0.6) is 0 Å². The number of nitrogens with zero attached hydrogens (tertiary/aromatic N) is 2. The first-order chi connectivity index (χ1) is 10.0. The van der Waals surface area contributed by atoms with Gasteiger partial charge < -0.3 is 5.32 Å². The Hall–Kier alpha value is -1.44. The van der Waals surface area contributed by atoms with Gasteiger partial charge in [0.15, 0.2) is 0 Å². The van der Waals surface area contributed by atoms with E-state index in [2.05, 4.69) is 37.6 Å². The maximum Gasteiger partial charge on any atom is 0.292 e. The second-order valence-corrected chi connectivity index (χ2v) is 6.63. The first kappa shape index (κ1) is 15.9. The van der Waals surface area contributed by atoms with Crippen LogP contribution in [-0.2, 0) is 13.1 Å². The smallest absolute Gasteiger partial charge is 0.292 e. The van der Waals surface area contributed by atoms with Crippen LogP contribution in [0.2, 0.25) is 0 Å². The second-order valence-electron chi connectivity index (χ2n) is 4.72. The minimum Gasteiger partial charge on any atom is -0.382 e. The second kappa shape index (κ2) is 7.02. The number of nitrogens with one attached hydrogen (secondary N) is 1. The average molecular weight is 370 g/mol. The van der Waals surface area contributed by atoms with Crippen molar-refractivity contribution in [2.24, 2.45) is 0 Å². The number of anilines is 1. The van der Waals surface area contributed by atoms with Gasteiger partial charge in [-0.3, -0.25) is 15.0 Å². The van der Waals surface area contributed by atoms with Crippen molar-refractivity contribution < 1.29 is 4.92 Å². The van der Waals surface area contributed by atoms with Gasteiger partial charge in [-0.1, -0.05) is 12.1 Å². The summed E-state index contributed by atoms with van der Waals surface area (Å²) >= 11 is 5.14. The van der Waals surface area contributed by atoms with E-state index in [4.69, 9.17) is 0 Å². The van der Waals surface area contributed by atoms with Gasteiger partial charge in [0.2, 0.25) is 0 Å². The molecule has 2 aromatic rings. The SMILES string of the molecule is CNc1c(CN(C)Cc2cc(Br)cs2)cccc1[N+](=O)[O-]. The first-order valence-electron chi connectivity index (χ1n) is 6.36. The van der Waals surface area contributed by atoms with Crippen molar-refractivity contribution in [3.05, 3.63) is 54.7 Å². The molecule has 5 nitrogen and oxygen atoms in total. The predicted molar refractivity (Wildman–Crippen MR) is 89.8 cm³/mol. The molecule has 21 heavy (non-hydrogen) atoms. The molecule has 1 aromatic carbocycles. The molecule has 0 aliphatic carbocycles. The fraction of sp³-hybridized carbons (Fsp3) is 0.286. The third kappa shape index (κ3) is 4.03. The monoisotopic (exact) mass is 369 g/mol. The van der Waals surface area contributed by atoms with Crippen molar-refractivity contribution >= 4 is 38.6 Å². The first-order valence-corrected chi connectivity index (χ1v) is 8.04. The standard InChI is InChI=1S/C14H16BrN3O2S/c1-16-14-10(4-3-5-13(14)18(19)20)7-17(2)8-12-6-11(15)9-21-12/h3-6,9,16H,7-8H2,1-2H3. The Kier molecular flexibility index (Phi) is 5.33. The molecule has 0 radical (unpaired) electrons. The van der Waals surface area contributed by atoms with Crippen LogP contribution in [-0.4, -0.2) is 23.9 Å². The van der Waals surface area contributed by atoms with E-state index >= 15 is 0 Å². The number of thiophene rings is 1. The zero-order valence-corrected chi connectivity index (χ0v) is 14.2. The third-order valence-electron chi connectivity index (χ3n) is 3.06. The fourth-order valence-corrected chi connectivity index (χ4v) is 3.74. The van der Waals surface area contributed by atoms with E-state index in [9.17, 15) is 10.1 Å². The van der Waals surface area contributed by atoms with Crippen LogP contribution in [0, 0.1) is 10.1 Å². The van der Waals surface area contributed by atoms with E-state index < -0.39 is 0 Å². The molecule has 0 aliphatic rings. The van der Waals surface area contributed by atoms with Crippen LogP contribution < -0.4 is 5.32 Å². The van der Waals surface area contributed by atoms with Crippen molar-refractivity contribution in [2.75, 3.05) is 19.4 Å². The van der Waals surface area contributed by atoms with Crippen LogP contribution in [0.4, 0.5) is 11.4 Å². The van der Waals surface area contributed by atoms with Gasteiger partial charge in [0, 0.05) is 40.9 Å². The van der Waals surface area contributed by atoms with Gasteiger partial charge in [0.05, 0.1) is 4.92 Å². The highest BCUT2D eigenvalue weighted by molar-refractivity contribution is 9.10. The molecule has 0 saturated carbocycles. The van der Waals surface area contributed by atoms with E-state index in [1.165, 1.54) is 10.9 Å². The van der Waals surface area contributed by atoms with E-state index in [0.717, 1.165) is 16.6 Å². The molecule has 0 fully saturated rings. The van der Waals surface area contributed by atoms with E-state index in [0.29, 0.717) is 12.2 Å². The Labute approximate surface area is 135 Å². The lowest BCUT2D eigenvalue weighted by molar-refractivity contribution is -0.384. The quantitative estimate of drug-likeness (QED) is 0.615. The number of hydrogen-bond donors (Lipinski definition) is 1. The van der Waals surface area contributed by atoms with Crippen LogP contribution in [0.25, 0.3) is 0 Å². The van der Waals surface area contributed by atoms with Crippen molar-refractivity contribution in [3.63, 3.8) is 0 Å². The Bertz CT molecular complexity index is 645. The molecular weight excluding hydrogens is 354 g/mol. The highest BCUT2D eigenvalue weighted by Crippen LogP contribution is 2.29. The van der Waals surface area contributed by atoms with Gasteiger partial charge in [-0.05, 0) is 34.6 Å². The summed E-state index contributed by atoms with van der Waals surface area (Å²) in [5, 5.41) is 16.1. The zero-order valence-electron chi connectivity index (χ0n) is 11.8. The molecule has 0 unspecified atom stereocenters. The molecule has 1 aromatic heterocycles. The van der Waals surface area contributed by atoms with Gasteiger partial charge >= 0.3 is 0 Å². The van der Waals surface area contributed by atoms with Crippen molar-refractivity contribution in [1.29, 1.82) is 0 Å². The highest BCUT2D eigenvalue weighted by atomic mass is 79.9. The number of halogens is 1. The zero-order chi connectivity index (χ0) is 15.4. The largest absolute Gasteiger partial charge is 0.382 e. The van der Waals surface area contributed by atoms with E-state index in [1.807, 2.05) is 13.1 Å². The van der Waals surface area contributed by atoms with Crippen LogP contribution in [0.3, 0.4) is 0 Å². The van der Waals surface area contributed by atoms with Crippen molar-refractivity contribution in [1.82, 2.24) is 4.90 Å². The number of nitro benzene ring substituents is 1. The number of benzene rings is 1. The number of para-hydroxylation sites is 1. The summed E-state index contributed by atoms with van der Waals surface area (Å²) in [6.07, 6.45) is 0. The lowest BCUT2D eigenvalue weighted by Crippen LogP contribution is -2.17. The molecule has 2 rings (SSSR count). The van der Waals surface area contributed by atoms with Crippen LogP contribution >= 0.6 is 27.3 Å². The summed E-state index contributed by atoms with van der Waals surface area (Å²) in [7, 11) is 3.72. The van der Waals surface area contributed by atoms with Crippen LogP contribution in [0.15, 0.2) is 34.1 Å². The molecule has 0 amide bonds. The highest BCUT2D eigenvalue weighted by Gasteiger charge is 2.17. The average Bonchev–Trinajstić information content (AvgIpc) is 2.83. The molecule has 112 valence electrons. The molecule has 0 aliphatic heterocycles. The molecule has 0 saturated heterocycles. The molecule has 0 atom stereocenters. The Morgan fingerprint density at radius 3 is 2.76 bits per heavy atom. The maximum atomic E-state index is 11.1. The van der Waals surface area contributed by atoms with E-state index in [1.54, 1.807) is 24.5 Å². The number of hydrogen-bond acceptors (Lipinski definition) is 5. The van der Waals surface area contributed by atoms with Gasteiger partial charge in [-0.15, -0.1) is 11.3 Å². The van der Waals surface area contributed by atoms with Gasteiger partial charge in [0.25, 0.3) is 5.69 Å². The van der Waals surface area contributed by atoms with Gasteiger partial charge in [-0.25, -0.2) is 0 Å². The number of nitro groups is 1. The van der Waals surface area contributed by atoms with E-state index in [-0.39, 0.29) is 10.6 Å². The molecule has 1 heterocycles. The summed E-state index contributed by atoms with van der Waals surface area (Å²) in [4.78, 5) is 14.1. The van der Waals surface area contributed by atoms with Crippen LogP contribution in [0.1, 0.15) is 10.4 Å². The minimum atomic E-state index is -0.355. The minimum absolute atomic E-state index is 0.113. The summed E-state index contributed by atoms with van der Waals surface area (Å²) in [6, 6.07) is 7.25.